The molecule has 0 aromatic heterocycles. The van der Waals surface area contributed by atoms with Crippen LogP contribution < -0.4 is 15.4 Å². The minimum atomic E-state index is -0.835. The number of barbiturate groups is 1. The molecule has 30 heavy (non-hydrogen) atoms. The zero-order valence-electron chi connectivity index (χ0n) is 16.7. The van der Waals surface area contributed by atoms with Gasteiger partial charge in [0, 0.05) is 0 Å². The number of aryl methyl sites for hydroxylation is 2. The molecule has 0 radical (unpaired) electrons. The van der Waals surface area contributed by atoms with Crippen LogP contribution in [-0.2, 0) is 20.9 Å². The van der Waals surface area contributed by atoms with Crippen LogP contribution in [0.25, 0.3) is 6.08 Å². The van der Waals surface area contributed by atoms with Crippen molar-refractivity contribution in [2.75, 3.05) is 7.11 Å². The van der Waals surface area contributed by atoms with Crippen LogP contribution in [0.5, 0.6) is 5.75 Å². The Morgan fingerprint density at radius 3 is 2.07 bits per heavy atom. The molecular formula is C22H20N2O6. The molecule has 2 N–H and O–H groups in total. The molecule has 1 saturated heterocycles. The second-order valence-electron chi connectivity index (χ2n) is 6.76. The van der Waals surface area contributed by atoms with E-state index in [9.17, 15) is 19.2 Å². The van der Waals surface area contributed by atoms with Crippen molar-refractivity contribution in [3.05, 3.63) is 69.8 Å². The number of benzene rings is 2. The van der Waals surface area contributed by atoms with Gasteiger partial charge in [-0.25, -0.2) is 9.59 Å². The number of esters is 1. The van der Waals surface area contributed by atoms with E-state index in [1.54, 1.807) is 36.4 Å². The Labute approximate surface area is 172 Å². The van der Waals surface area contributed by atoms with Gasteiger partial charge in [-0.3, -0.25) is 20.2 Å². The van der Waals surface area contributed by atoms with Crippen LogP contribution in [0.3, 0.4) is 0 Å². The summed E-state index contributed by atoms with van der Waals surface area (Å²) in [6.07, 6.45) is 1.42. The van der Waals surface area contributed by atoms with Crippen LogP contribution in [0.1, 0.15) is 32.6 Å². The average molecular weight is 408 g/mol. The summed E-state index contributed by atoms with van der Waals surface area (Å²) >= 11 is 0. The van der Waals surface area contributed by atoms with Gasteiger partial charge in [-0.2, -0.15) is 0 Å². The summed E-state index contributed by atoms with van der Waals surface area (Å²) in [6, 6.07) is 9.65. The summed E-state index contributed by atoms with van der Waals surface area (Å²) in [5.74, 6) is -1.20. The lowest BCUT2D eigenvalue weighted by Gasteiger charge is -2.16. The summed E-state index contributed by atoms with van der Waals surface area (Å²) in [6.45, 7) is 4.01. The predicted octanol–water partition coefficient (Wildman–Crippen LogP) is 2.42. The molecule has 154 valence electrons. The molecule has 1 aliphatic rings. The largest absolute Gasteiger partial charge is 0.488 e. The Hall–Kier alpha value is -3.94. The van der Waals surface area contributed by atoms with Crippen LogP contribution >= 0.6 is 0 Å². The van der Waals surface area contributed by atoms with Crippen molar-refractivity contribution in [3.63, 3.8) is 0 Å². The highest BCUT2D eigenvalue weighted by Crippen LogP contribution is 2.27. The maximum atomic E-state index is 11.9. The van der Waals surface area contributed by atoms with Crippen LogP contribution in [-0.4, -0.2) is 30.9 Å². The average Bonchev–Trinajstić information content (AvgIpc) is 2.70. The fourth-order valence-electron chi connectivity index (χ4n) is 3.08. The smallest absolute Gasteiger partial charge is 0.337 e. The topological polar surface area (TPSA) is 111 Å². The molecule has 1 heterocycles. The maximum absolute atomic E-state index is 11.9. The van der Waals surface area contributed by atoms with E-state index in [4.69, 9.17) is 4.74 Å². The number of carbonyl (C=O) groups is 4. The van der Waals surface area contributed by atoms with Crippen molar-refractivity contribution in [3.8, 4) is 5.75 Å². The van der Waals surface area contributed by atoms with E-state index in [0.29, 0.717) is 23.5 Å². The quantitative estimate of drug-likeness (QED) is 0.447. The maximum Gasteiger partial charge on any atom is 0.337 e. The number of hydrogen-bond donors (Lipinski definition) is 2. The molecule has 0 aliphatic carbocycles. The SMILES string of the molecule is COC(=O)c1ccc(COc2c(C)cc(C=C3C(=O)NC(=O)NC3=O)cc2C)cc1. The molecule has 8 heteroatoms. The van der Waals surface area contributed by atoms with Crippen LogP contribution in [0.2, 0.25) is 0 Å². The van der Waals surface area contributed by atoms with Crippen LogP contribution in [0.4, 0.5) is 4.79 Å². The summed E-state index contributed by atoms with van der Waals surface area (Å²) in [5.41, 5.74) is 3.47. The first kappa shape index (κ1) is 20.8. The van der Waals surface area contributed by atoms with Gasteiger partial charge in [-0.1, -0.05) is 12.1 Å². The van der Waals surface area contributed by atoms with Crippen molar-refractivity contribution in [2.45, 2.75) is 20.5 Å². The molecule has 8 nitrogen and oxygen atoms in total. The number of ether oxygens (including phenoxy) is 2. The molecule has 0 bridgehead atoms. The number of urea groups is 1. The fourth-order valence-corrected chi connectivity index (χ4v) is 3.08. The Balaban J connectivity index is 1.76. The molecule has 2 aromatic carbocycles. The highest BCUT2D eigenvalue weighted by Gasteiger charge is 2.27. The van der Waals surface area contributed by atoms with E-state index in [2.05, 4.69) is 4.74 Å². The van der Waals surface area contributed by atoms with Gasteiger partial charge in [0.1, 0.15) is 17.9 Å². The molecular weight excluding hydrogens is 388 g/mol. The van der Waals surface area contributed by atoms with E-state index in [1.165, 1.54) is 13.2 Å². The number of rotatable bonds is 5. The third-order valence-electron chi connectivity index (χ3n) is 4.50. The van der Waals surface area contributed by atoms with Gasteiger partial charge >= 0.3 is 12.0 Å². The first-order chi connectivity index (χ1) is 14.3. The number of nitrogens with one attached hydrogen (secondary N) is 2. The molecule has 0 unspecified atom stereocenters. The highest BCUT2D eigenvalue weighted by molar-refractivity contribution is 6.31. The minimum absolute atomic E-state index is 0.146. The standard InChI is InChI=1S/C22H20N2O6/c1-12-8-15(10-17-19(25)23-22(28)24-20(17)26)9-13(2)18(12)30-11-14-4-6-16(7-5-14)21(27)29-3/h4-10H,11H2,1-3H3,(H2,23,24,25,26,28). The molecule has 0 saturated carbocycles. The Bertz CT molecular complexity index is 1020. The van der Waals surface area contributed by atoms with E-state index in [0.717, 1.165) is 16.7 Å². The van der Waals surface area contributed by atoms with Crippen LogP contribution in [0, 0.1) is 13.8 Å². The van der Waals surface area contributed by atoms with Crippen LogP contribution in [0.15, 0.2) is 42.0 Å². The van der Waals surface area contributed by atoms with Crippen molar-refractivity contribution >= 4 is 29.9 Å². The van der Waals surface area contributed by atoms with Gasteiger partial charge in [0.2, 0.25) is 0 Å². The molecule has 0 atom stereocenters. The number of methoxy groups -OCH3 is 1. The molecule has 3 rings (SSSR count). The predicted molar refractivity (Wildman–Crippen MR) is 108 cm³/mol. The third-order valence-corrected chi connectivity index (χ3v) is 4.50. The Kier molecular flexibility index (Phi) is 5.96. The lowest BCUT2D eigenvalue weighted by atomic mass is 10.0. The number of hydrogen-bond acceptors (Lipinski definition) is 6. The lowest BCUT2D eigenvalue weighted by molar-refractivity contribution is -0.123. The Morgan fingerprint density at radius 2 is 1.53 bits per heavy atom. The minimum Gasteiger partial charge on any atom is -0.488 e. The van der Waals surface area contributed by atoms with E-state index >= 15 is 0 Å². The monoisotopic (exact) mass is 408 g/mol. The number of carbonyl (C=O) groups excluding carboxylic acids is 4. The second-order valence-corrected chi connectivity index (χ2v) is 6.76. The molecule has 2 aromatic rings. The van der Waals surface area contributed by atoms with Crippen molar-refractivity contribution in [1.82, 2.24) is 10.6 Å². The highest BCUT2D eigenvalue weighted by atomic mass is 16.5. The Morgan fingerprint density at radius 1 is 0.967 bits per heavy atom. The molecule has 1 aliphatic heterocycles. The van der Waals surface area contributed by atoms with Gasteiger partial charge in [0.05, 0.1) is 12.7 Å². The number of amides is 4. The summed E-state index contributed by atoms with van der Waals surface area (Å²) in [4.78, 5) is 46.4. The third kappa shape index (κ3) is 4.54. The van der Waals surface area contributed by atoms with Gasteiger partial charge < -0.3 is 9.47 Å². The van der Waals surface area contributed by atoms with Gasteiger partial charge in [0.15, 0.2) is 0 Å². The molecule has 0 spiro atoms. The summed E-state index contributed by atoms with van der Waals surface area (Å²) < 4.78 is 10.6. The zero-order chi connectivity index (χ0) is 21.8. The van der Waals surface area contributed by atoms with Gasteiger partial charge in [0.25, 0.3) is 11.8 Å². The molecule has 4 amide bonds. The summed E-state index contributed by atoms with van der Waals surface area (Å²) in [7, 11) is 1.33. The lowest BCUT2D eigenvalue weighted by Crippen LogP contribution is -2.51. The first-order valence-electron chi connectivity index (χ1n) is 9.08. The van der Waals surface area contributed by atoms with E-state index < -0.39 is 23.8 Å². The van der Waals surface area contributed by atoms with Crippen molar-refractivity contribution < 1.29 is 28.7 Å². The van der Waals surface area contributed by atoms with Gasteiger partial charge in [-0.05, 0) is 66.4 Å². The van der Waals surface area contributed by atoms with Gasteiger partial charge in [-0.15, -0.1) is 0 Å². The van der Waals surface area contributed by atoms with E-state index in [1.807, 2.05) is 24.5 Å². The van der Waals surface area contributed by atoms with Crippen molar-refractivity contribution in [2.24, 2.45) is 0 Å². The normalized spacial score (nSPS) is 13.4. The molecule has 1 fully saturated rings. The zero-order valence-corrected chi connectivity index (χ0v) is 16.7. The second kappa shape index (κ2) is 8.60. The summed E-state index contributed by atoms with van der Waals surface area (Å²) in [5, 5.41) is 4.08. The van der Waals surface area contributed by atoms with Crippen molar-refractivity contribution in [1.29, 1.82) is 0 Å². The fraction of sp³-hybridized carbons (Fsp3) is 0.182. The van der Waals surface area contributed by atoms with E-state index in [-0.39, 0.29) is 5.57 Å². The first-order valence-corrected chi connectivity index (χ1v) is 9.08. The number of imide groups is 2.